The number of halogens is 1. The summed E-state index contributed by atoms with van der Waals surface area (Å²) in [6.45, 7) is 2.71. The molecule has 0 radical (unpaired) electrons. The number of rotatable bonds is 3. The molecule has 27 heavy (non-hydrogen) atoms. The number of fused-ring (bicyclic) bond motifs is 1. The van der Waals surface area contributed by atoms with E-state index in [1.54, 1.807) is 30.3 Å². The molecule has 1 aliphatic heterocycles. The molecule has 0 unspecified atom stereocenters. The van der Waals surface area contributed by atoms with Gasteiger partial charge in [0, 0.05) is 28.6 Å². The largest absolute Gasteiger partial charge is 0.321 e. The minimum Gasteiger partial charge on any atom is -0.321 e. The summed E-state index contributed by atoms with van der Waals surface area (Å²) < 4.78 is 0. The van der Waals surface area contributed by atoms with Gasteiger partial charge in [0.15, 0.2) is 0 Å². The highest BCUT2D eigenvalue weighted by molar-refractivity contribution is 6.30. The van der Waals surface area contributed by atoms with Gasteiger partial charge in [-0.3, -0.25) is 4.79 Å². The van der Waals surface area contributed by atoms with Gasteiger partial charge in [0.1, 0.15) is 5.69 Å². The van der Waals surface area contributed by atoms with Gasteiger partial charge in [0.25, 0.3) is 5.91 Å². The summed E-state index contributed by atoms with van der Waals surface area (Å²) in [6, 6.07) is 17.0. The molecule has 2 heterocycles. The van der Waals surface area contributed by atoms with Crippen molar-refractivity contribution in [3.05, 3.63) is 76.6 Å². The molecular formula is C21H19ClN4O. The molecule has 1 aliphatic rings. The summed E-state index contributed by atoms with van der Waals surface area (Å²) >= 11 is 5.90. The van der Waals surface area contributed by atoms with Crippen molar-refractivity contribution in [2.75, 3.05) is 16.8 Å². The Morgan fingerprint density at radius 2 is 1.89 bits per heavy atom. The van der Waals surface area contributed by atoms with Crippen molar-refractivity contribution < 1.29 is 4.79 Å². The molecule has 2 aromatic carbocycles. The van der Waals surface area contributed by atoms with Gasteiger partial charge in [0.05, 0.1) is 0 Å². The van der Waals surface area contributed by atoms with Crippen molar-refractivity contribution in [3.8, 4) is 0 Å². The number of nitrogens with zero attached hydrogens (tertiary/aromatic N) is 3. The zero-order valence-electron chi connectivity index (χ0n) is 14.9. The van der Waals surface area contributed by atoms with E-state index in [1.165, 1.54) is 5.56 Å². The summed E-state index contributed by atoms with van der Waals surface area (Å²) in [4.78, 5) is 23.9. The van der Waals surface area contributed by atoms with Crippen LogP contribution in [-0.4, -0.2) is 22.4 Å². The lowest BCUT2D eigenvalue weighted by atomic mass is 10.0. The van der Waals surface area contributed by atoms with E-state index in [0.717, 1.165) is 30.8 Å². The molecule has 0 atom stereocenters. The van der Waals surface area contributed by atoms with Crippen LogP contribution in [0.5, 0.6) is 0 Å². The van der Waals surface area contributed by atoms with Gasteiger partial charge in [-0.2, -0.15) is 0 Å². The first kappa shape index (κ1) is 17.5. The topological polar surface area (TPSA) is 58.1 Å². The number of hydrogen-bond donors (Lipinski definition) is 1. The first-order valence-corrected chi connectivity index (χ1v) is 9.26. The molecule has 6 heteroatoms. The lowest BCUT2D eigenvalue weighted by molar-refractivity contribution is 0.102. The van der Waals surface area contributed by atoms with Crippen LogP contribution >= 0.6 is 11.6 Å². The molecule has 1 amide bonds. The molecule has 1 N–H and O–H groups in total. The molecule has 0 aliphatic carbocycles. The van der Waals surface area contributed by atoms with E-state index >= 15 is 0 Å². The number of aryl methyl sites for hydroxylation is 2. The fourth-order valence-corrected chi connectivity index (χ4v) is 3.39. The number of nitrogens with one attached hydrogen (secondary N) is 1. The summed E-state index contributed by atoms with van der Waals surface area (Å²) in [7, 11) is 0. The van der Waals surface area contributed by atoms with Crippen molar-refractivity contribution in [3.63, 3.8) is 0 Å². The highest BCUT2D eigenvalue weighted by Gasteiger charge is 2.21. The van der Waals surface area contributed by atoms with Crippen LogP contribution in [0.25, 0.3) is 0 Å². The van der Waals surface area contributed by atoms with Crippen LogP contribution < -0.4 is 10.2 Å². The first-order valence-electron chi connectivity index (χ1n) is 8.88. The van der Waals surface area contributed by atoms with Gasteiger partial charge in [-0.1, -0.05) is 29.8 Å². The average Bonchev–Trinajstić information content (AvgIpc) is 2.69. The fraction of sp³-hybridized carbons (Fsp3) is 0.190. The van der Waals surface area contributed by atoms with E-state index in [0.29, 0.717) is 22.4 Å². The monoisotopic (exact) mass is 378 g/mol. The molecule has 136 valence electrons. The highest BCUT2D eigenvalue weighted by Crippen LogP contribution is 2.31. The van der Waals surface area contributed by atoms with E-state index in [-0.39, 0.29) is 5.91 Å². The number of benzene rings is 2. The molecule has 1 aromatic heterocycles. The molecule has 0 bridgehead atoms. The minimum absolute atomic E-state index is 0.269. The van der Waals surface area contributed by atoms with Gasteiger partial charge < -0.3 is 10.2 Å². The van der Waals surface area contributed by atoms with Gasteiger partial charge >= 0.3 is 0 Å². The Morgan fingerprint density at radius 1 is 1.11 bits per heavy atom. The Morgan fingerprint density at radius 3 is 2.70 bits per heavy atom. The van der Waals surface area contributed by atoms with Crippen molar-refractivity contribution in [2.45, 2.75) is 19.8 Å². The lowest BCUT2D eigenvalue weighted by Crippen LogP contribution is -2.27. The molecular weight excluding hydrogens is 360 g/mol. The van der Waals surface area contributed by atoms with Gasteiger partial charge in [-0.05, 0) is 61.7 Å². The Balaban J connectivity index is 1.64. The van der Waals surface area contributed by atoms with Crippen molar-refractivity contribution in [1.29, 1.82) is 0 Å². The van der Waals surface area contributed by atoms with E-state index in [2.05, 4.69) is 32.3 Å². The number of amides is 1. The maximum absolute atomic E-state index is 12.7. The van der Waals surface area contributed by atoms with Crippen molar-refractivity contribution in [1.82, 2.24) is 9.97 Å². The smallest absolute Gasteiger partial charge is 0.274 e. The number of carbonyl (C=O) groups excluding carboxylic acids is 1. The van der Waals surface area contributed by atoms with Crippen LogP contribution in [0, 0.1) is 6.92 Å². The third-order valence-corrected chi connectivity index (χ3v) is 4.78. The zero-order valence-corrected chi connectivity index (χ0v) is 15.7. The van der Waals surface area contributed by atoms with Crippen LogP contribution in [-0.2, 0) is 6.42 Å². The Hall–Kier alpha value is -2.92. The average molecular weight is 379 g/mol. The van der Waals surface area contributed by atoms with E-state index < -0.39 is 0 Å². The van der Waals surface area contributed by atoms with E-state index in [9.17, 15) is 4.79 Å². The Labute approximate surface area is 163 Å². The molecule has 3 aromatic rings. The van der Waals surface area contributed by atoms with Crippen LogP contribution in [0.2, 0.25) is 5.02 Å². The maximum atomic E-state index is 12.7. The number of hydrogen-bond acceptors (Lipinski definition) is 4. The van der Waals surface area contributed by atoms with Crippen LogP contribution in [0.1, 0.15) is 28.2 Å². The molecule has 0 saturated heterocycles. The maximum Gasteiger partial charge on any atom is 0.274 e. The summed E-state index contributed by atoms with van der Waals surface area (Å²) in [5.74, 6) is 0.290. The zero-order chi connectivity index (χ0) is 18.8. The quantitative estimate of drug-likeness (QED) is 0.712. The van der Waals surface area contributed by atoms with Crippen LogP contribution in [0.15, 0.2) is 54.6 Å². The second kappa shape index (κ2) is 7.37. The van der Waals surface area contributed by atoms with Crippen molar-refractivity contribution >= 4 is 34.8 Å². The molecule has 0 spiro atoms. The second-order valence-electron chi connectivity index (χ2n) is 6.54. The van der Waals surface area contributed by atoms with Crippen molar-refractivity contribution in [2.24, 2.45) is 0 Å². The normalized spacial score (nSPS) is 13.2. The third-order valence-electron chi connectivity index (χ3n) is 4.53. The summed E-state index contributed by atoms with van der Waals surface area (Å²) in [6.07, 6.45) is 2.07. The predicted octanol–water partition coefficient (Wildman–Crippen LogP) is 4.78. The first-order chi connectivity index (χ1) is 13.1. The molecule has 4 rings (SSSR count). The standard InChI is InChI=1S/C21H19ClN4O/c1-14-13-18(20(27)24-17-10-8-16(22)9-11-17)25-21(23-14)26-12-4-6-15-5-2-3-7-19(15)26/h2-3,5,7-11,13H,4,6,12H2,1H3,(H,24,27). The third kappa shape index (κ3) is 3.78. The number of anilines is 3. The molecule has 0 saturated carbocycles. The fourth-order valence-electron chi connectivity index (χ4n) is 3.26. The molecule has 5 nitrogen and oxygen atoms in total. The minimum atomic E-state index is -0.269. The number of aromatic nitrogens is 2. The molecule has 0 fully saturated rings. The van der Waals surface area contributed by atoms with E-state index in [1.807, 2.05) is 19.1 Å². The van der Waals surface area contributed by atoms with Gasteiger partial charge in [-0.15, -0.1) is 0 Å². The van der Waals surface area contributed by atoms with Crippen LogP contribution in [0.3, 0.4) is 0 Å². The lowest BCUT2D eigenvalue weighted by Gasteiger charge is -2.29. The predicted molar refractivity (Wildman–Crippen MR) is 108 cm³/mol. The Bertz CT molecular complexity index is 988. The summed E-state index contributed by atoms with van der Waals surface area (Å²) in [5, 5.41) is 3.48. The van der Waals surface area contributed by atoms with Crippen LogP contribution in [0.4, 0.5) is 17.3 Å². The van der Waals surface area contributed by atoms with E-state index in [4.69, 9.17) is 11.6 Å². The SMILES string of the molecule is Cc1cc(C(=O)Nc2ccc(Cl)cc2)nc(N2CCCc3ccccc32)n1. The summed E-state index contributed by atoms with van der Waals surface area (Å²) in [5.41, 5.74) is 4.16. The Kier molecular flexibility index (Phi) is 4.77. The van der Waals surface area contributed by atoms with Gasteiger partial charge in [0.2, 0.25) is 5.95 Å². The number of carbonyl (C=O) groups is 1. The second-order valence-corrected chi connectivity index (χ2v) is 6.98. The van der Waals surface area contributed by atoms with Gasteiger partial charge in [-0.25, -0.2) is 9.97 Å². The highest BCUT2D eigenvalue weighted by atomic mass is 35.5. The number of para-hydroxylation sites is 1.